The molecule has 0 bridgehead atoms. The highest BCUT2D eigenvalue weighted by atomic mass is 14.4. The van der Waals surface area contributed by atoms with Crippen LogP contribution < -0.4 is 0 Å². The van der Waals surface area contributed by atoms with E-state index in [1.165, 1.54) is 36.0 Å². The van der Waals surface area contributed by atoms with Crippen molar-refractivity contribution in [2.24, 2.45) is 5.92 Å². The Morgan fingerprint density at radius 1 is 0.917 bits per heavy atom. The summed E-state index contributed by atoms with van der Waals surface area (Å²) in [6.45, 7) is 9.34. The van der Waals surface area contributed by atoms with Crippen molar-refractivity contribution in [3.63, 3.8) is 0 Å². The van der Waals surface area contributed by atoms with E-state index in [0.29, 0.717) is 5.92 Å². The van der Waals surface area contributed by atoms with Crippen LogP contribution in [0.4, 0.5) is 0 Å². The highest BCUT2D eigenvalue weighted by molar-refractivity contribution is 5.69. The van der Waals surface area contributed by atoms with Gasteiger partial charge < -0.3 is 0 Å². The van der Waals surface area contributed by atoms with E-state index in [2.05, 4.69) is 94.4 Å². The van der Waals surface area contributed by atoms with Crippen LogP contribution in [-0.2, 0) is 5.41 Å². The molecule has 0 N–H and O–H groups in total. The van der Waals surface area contributed by atoms with Crippen molar-refractivity contribution in [3.8, 4) is 0 Å². The summed E-state index contributed by atoms with van der Waals surface area (Å²) < 4.78 is 0. The zero-order valence-electron chi connectivity index (χ0n) is 15.8. The molecule has 24 heavy (non-hydrogen) atoms. The fraction of sp³-hybridized carbons (Fsp3) is 0.417. The average molecular weight is 321 g/mol. The Hall–Kier alpha value is -1.82. The first-order valence-corrected chi connectivity index (χ1v) is 9.50. The molecule has 128 valence electrons. The Labute approximate surface area is 148 Å². The minimum atomic E-state index is 0.201. The minimum Gasteiger partial charge on any atom is -0.0807 e. The molecule has 2 rings (SSSR count). The first kappa shape index (κ1) is 18.5. The summed E-state index contributed by atoms with van der Waals surface area (Å²) in [5.41, 5.74) is 4.56. The molecule has 2 aromatic carbocycles. The van der Waals surface area contributed by atoms with E-state index >= 15 is 0 Å². The van der Waals surface area contributed by atoms with Crippen molar-refractivity contribution in [2.75, 3.05) is 0 Å². The van der Waals surface area contributed by atoms with Gasteiger partial charge in [-0.2, -0.15) is 0 Å². The Balaban J connectivity index is 2.54. The third-order valence-electron chi connectivity index (χ3n) is 5.50. The Morgan fingerprint density at radius 2 is 1.50 bits per heavy atom. The zero-order valence-corrected chi connectivity index (χ0v) is 15.8. The Morgan fingerprint density at radius 3 is 2.00 bits per heavy atom. The van der Waals surface area contributed by atoms with Crippen molar-refractivity contribution in [2.45, 2.75) is 58.8 Å². The quantitative estimate of drug-likeness (QED) is 0.480. The van der Waals surface area contributed by atoms with Gasteiger partial charge in [-0.05, 0) is 41.9 Å². The summed E-state index contributed by atoms with van der Waals surface area (Å²) in [5.74, 6) is 0.493. The van der Waals surface area contributed by atoms with Gasteiger partial charge in [0.05, 0.1) is 0 Å². The van der Waals surface area contributed by atoms with Gasteiger partial charge in [-0.3, -0.25) is 0 Å². The standard InChI is InChI=1S/C24H32/c1-5-14-23(21-15-10-8-11-16-21)20(4)24(7-3,19-6-2)22-17-12-9-13-18-22/h8-18,20H,5-7,19H2,1-4H3. The van der Waals surface area contributed by atoms with Crippen molar-refractivity contribution < 1.29 is 0 Å². The van der Waals surface area contributed by atoms with Crippen LogP contribution in [0.3, 0.4) is 0 Å². The lowest BCUT2D eigenvalue weighted by Crippen LogP contribution is -2.34. The second-order valence-electron chi connectivity index (χ2n) is 6.78. The fourth-order valence-electron chi connectivity index (χ4n) is 4.21. The van der Waals surface area contributed by atoms with Crippen LogP contribution in [0.5, 0.6) is 0 Å². The fourth-order valence-corrected chi connectivity index (χ4v) is 4.21. The molecule has 0 aliphatic heterocycles. The average Bonchev–Trinajstić information content (AvgIpc) is 2.65. The van der Waals surface area contributed by atoms with Crippen LogP contribution in [0.25, 0.3) is 5.57 Å². The van der Waals surface area contributed by atoms with Gasteiger partial charge in [-0.25, -0.2) is 0 Å². The molecule has 0 aliphatic rings. The lowest BCUT2D eigenvalue weighted by molar-refractivity contribution is 0.303. The molecule has 0 radical (unpaired) electrons. The minimum absolute atomic E-state index is 0.201. The van der Waals surface area contributed by atoms with Crippen LogP contribution in [0, 0.1) is 5.92 Å². The van der Waals surface area contributed by atoms with Gasteiger partial charge in [-0.15, -0.1) is 0 Å². The van der Waals surface area contributed by atoms with E-state index in [0.717, 1.165) is 6.42 Å². The third-order valence-corrected chi connectivity index (χ3v) is 5.50. The van der Waals surface area contributed by atoms with Crippen molar-refractivity contribution in [1.82, 2.24) is 0 Å². The number of benzene rings is 2. The molecule has 0 fully saturated rings. The summed E-state index contributed by atoms with van der Waals surface area (Å²) in [6, 6.07) is 22.1. The predicted molar refractivity (Wildman–Crippen MR) is 107 cm³/mol. The molecule has 2 unspecified atom stereocenters. The zero-order chi connectivity index (χ0) is 17.4. The van der Waals surface area contributed by atoms with E-state index in [4.69, 9.17) is 0 Å². The summed E-state index contributed by atoms with van der Waals surface area (Å²) in [4.78, 5) is 0. The summed E-state index contributed by atoms with van der Waals surface area (Å²) in [7, 11) is 0. The molecule has 0 amide bonds. The maximum Gasteiger partial charge on any atom is 0.00163 e. The summed E-state index contributed by atoms with van der Waals surface area (Å²) in [5, 5.41) is 0. The second kappa shape index (κ2) is 8.87. The Bertz CT molecular complexity index is 624. The van der Waals surface area contributed by atoms with Crippen LogP contribution >= 0.6 is 0 Å². The van der Waals surface area contributed by atoms with Gasteiger partial charge in [0.1, 0.15) is 0 Å². The maximum atomic E-state index is 2.43. The summed E-state index contributed by atoms with van der Waals surface area (Å²) >= 11 is 0. The topological polar surface area (TPSA) is 0 Å². The lowest BCUT2D eigenvalue weighted by Gasteiger charge is -2.41. The van der Waals surface area contributed by atoms with E-state index in [-0.39, 0.29) is 5.41 Å². The first-order chi connectivity index (χ1) is 11.7. The number of hydrogen-bond acceptors (Lipinski definition) is 0. The van der Waals surface area contributed by atoms with Gasteiger partial charge in [0.25, 0.3) is 0 Å². The Kier molecular flexibility index (Phi) is 6.85. The van der Waals surface area contributed by atoms with Gasteiger partial charge in [0.2, 0.25) is 0 Å². The number of rotatable bonds is 8. The van der Waals surface area contributed by atoms with E-state index in [9.17, 15) is 0 Å². The highest BCUT2D eigenvalue weighted by Gasteiger charge is 2.37. The second-order valence-corrected chi connectivity index (χ2v) is 6.78. The molecular formula is C24H32. The highest BCUT2D eigenvalue weighted by Crippen LogP contribution is 2.46. The van der Waals surface area contributed by atoms with Gasteiger partial charge in [0.15, 0.2) is 0 Å². The van der Waals surface area contributed by atoms with E-state index < -0.39 is 0 Å². The van der Waals surface area contributed by atoms with Crippen LogP contribution in [0.15, 0.2) is 66.7 Å². The SMILES string of the molecule is CCC=C(c1ccccc1)C(C)C(CC)(CCC)c1ccccc1. The monoisotopic (exact) mass is 320 g/mol. The van der Waals surface area contributed by atoms with Crippen molar-refractivity contribution in [3.05, 3.63) is 77.9 Å². The van der Waals surface area contributed by atoms with Gasteiger partial charge in [-0.1, -0.05) is 101 Å². The molecule has 0 aliphatic carbocycles. The molecule has 0 heterocycles. The van der Waals surface area contributed by atoms with E-state index in [1.807, 2.05) is 0 Å². The largest absolute Gasteiger partial charge is 0.0807 e. The molecule has 0 saturated carbocycles. The first-order valence-electron chi connectivity index (χ1n) is 9.50. The van der Waals surface area contributed by atoms with Gasteiger partial charge in [0, 0.05) is 5.41 Å². The van der Waals surface area contributed by atoms with Crippen LogP contribution in [0.1, 0.15) is 64.5 Å². The van der Waals surface area contributed by atoms with Crippen molar-refractivity contribution in [1.29, 1.82) is 0 Å². The summed E-state index contributed by atoms with van der Waals surface area (Å²) in [6.07, 6.45) is 7.11. The molecule has 2 atom stereocenters. The predicted octanol–water partition coefficient (Wildman–Crippen LogP) is 7.26. The molecule has 0 heteroatoms. The molecule has 0 nitrogen and oxygen atoms in total. The smallest absolute Gasteiger partial charge is 0.00163 e. The maximum absolute atomic E-state index is 2.43. The van der Waals surface area contributed by atoms with Crippen LogP contribution in [-0.4, -0.2) is 0 Å². The lowest BCUT2D eigenvalue weighted by atomic mass is 9.63. The molecule has 0 aromatic heterocycles. The van der Waals surface area contributed by atoms with Crippen molar-refractivity contribution >= 4 is 5.57 Å². The molecule has 0 saturated heterocycles. The van der Waals surface area contributed by atoms with Crippen LogP contribution in [0.2, 0.25) is 0 Å². The number of allylic oxidation sites excluding steroid dienone is 2. The van der Waals surface area contributed by atoms with E-state index in [1.54, 1.807) is 0 Å². The molecule has 2 aromatic rings. The van der Waals surface area contributed by atoms with Gasteiger partial charge >= 0.3 is 0 Å². The third kappa shape index (κ3) is 3.80. The molecular weight excluding hydrogens is 288 g/mol. The number of hydrogen-bond donors (Lipinski definition) is 0. The molecule has 0 spiro atoms. The normalized spacial score (nSPS) is 15.8.